The van der Waals surface area contributed by atoms with Gasteiger partial charge in [-0.2, -0.15) is 5.26 Å². The first-order valence-corrected chi connectivity index (χ1v) is 7.42. The number of halogens is 1. The lowest BCUT2D eigenvalue weighted by molar-refractivity contribution is 0.627. The van der Waals surface area contributed by atoms with Crippen LogP contribution in [0.5, 0.6) is 0 Å². The third-order valence-electron chi connectivity index (χ3n) is 3.52. The Morgan fingerprint density at radius 1 is 1.08 bits per heavy atom. The van der Waals surface area contributed by atoms with Gasteiger partial charge in [0.1, 0.15) is 11.9 Å². The third kappa shape index (κ3) is 3.20. The zero-order valence-electron chi connectivity index (χ0n) is 13.0. The van der Waals surface area contributed by atoms with Gasteiger partial charge in [0.05, 0.1) is 5.56 Å². The van der Waals surface area contributed by atoms with E-state index in [9.17, 15) is 4.39 Å². The molecule has 6 heteroatoms. The highest BCUT2D eigenvalue weighted by atomic mass is 19.1. The van der Waals surface area contributed by atoms with E-state index < -0.39 is 0 Å². The van der Waals surface area contributed by atoms with Crippen molar-refractivity contribution < 1.29 is 4.39 Å². The number of anilines is 2. The lowest BCUT2D eigenvalue weighted by atomic mass is 10.1. The van der Waals surface area contributed by atoms with Crippen molar-refractivity contribution in [3.63, 3.8) is 0 Å². The Morgan fingerprint density at radius 2 is 1.88 bits per heavy atom. The molecule has 0 radical (unpaired) electrons. The fourth-order valence-electron chi connectivity index (χ4n) is 2.35. The molecule has 0 saturated heterocycles. The van der Waals surface area contributed by atoms with Crippen molar-refractivity contribution >= 4 is 11.6 Å². The summed E-state index contributed by atoms with van der Waals surface area (Å²) in [6.07, 6.45) is 6.50. The first-order chi connectivity index (χ1) is 11.7. The summed E-state index contributed by atoms with van der Waals surface area (Å²) < 4.78 is 13.4. The molecular formula is C18H14FN5. The average molecular weight is 319 g/mol. The van der Waals surface area contributed by atoms with Crippen LogP contribution in [0, 0.1) is 17.1 Å². The topological polar surface area (TPSA) is 65.7 Å². The smallest absolute Gasteiger partial charge is 0.229 e. The predicted molar refractivity (Wildman–Crippen MR) is 89.1 cm³/mol. The highest BCUT2D eigenvalue weighted by Crippen LogP contribution is 2.24. The van der Waals surface area contributed by atoms with Gasteiger partial charge in [-0.3, -0.25) is 4.98 Å². The van der Waals surface area contributed by atoms with Crippen LogP contribution in [0.3, 0.4) is 0 Å². The fraction of sp³-hybridized carbons (Fsp3) is 0.111. The summed E-state index contributed by atoms with van der Waals surface area (Å²) in [5, 5.41) is 8.95. The summed E-state index contributed by atoms with van der Waals surface area (Å²) in [6.45, 7) is 2.55. The van der Waals surface area contributed by atoms with Gasteiger partial charge in [-0.05, 0) is 31.2 Å². The maximum absolute atomic E-state index is 13.4. The molecule has 3 rings (SSSR count). The van der Waals surface area contributed by atoms with Crippen LogP contribution in [0.4, 0.5) is 16.0 Å². The zero-order valence-corrected chi connectivity index (χ0v) is 13.0. The van der Waals surface area contributed by atoms with Crippen LogP contribution >= 0.6 is 0 Å². The van der Waals surface area contributed by atoms with Gasteiger partial charge < -0.3 is 4.90 Å². The molecule has 0 saturated carbocycles. The Balaban J connectivity index is 1.92. The van der Waals surface area contributed by atoms with Gasteiger partial charge in [0.15, 0.2) is 0 Å². The molecule has 0 atom stereocenters. The molecule has 3 aromatic rings. The van der Waals surface area contributed by atoms with Crippen LogP contribution in [0.1, 0.15) is 12.5 Å². The van der Waals surface area contributed by atoms with E-state index in [1.54, 1.807) is 30.7 Å². The van der Waals surface area contributed by atoms with Crippen LogP contribution < -0.4 is 4.90 Å². The van der Waals surface area contributed by atoms with Crippen molar-refractivity contribution in [2.24, 2.45) is 0 Å². The molecule has 24 heavy (non-hydrogen) atoms. The van der Waals surface area contributed by atoms with E-state index in [0.717, 1.165) is 11.1 Å². The number of pyridine rings is 1. The second-order valence-corrected chi connectivity index (χ2v) is 5.07. The molecule has 0 aliphatic heterocycles. The molecule has 0 unspecified atom stereocenters. The highest BCUT2D eigenvalue weighted by molar-refractivity contribution is 5.64. The number of rotatable bonds is 4. The standard InChI is InChI=1S/C18H14FN5/c1-2-24(17-5-3-4-16(19)7-17)18-22-11-15(12-23-18)14-6-13(8-20)9-21-10-14/h3-7,9-12H,2H2,1H3. The Hall–Kier alpha value is -3.33. The largest absolute Gasteiger partial charge is 0.311 e. The Morgan fingerprint density at radius 3 is 2.54 bits per heavy atom. The minimum absolute atomic E-state index is 0.304. The van der Waals surface area contributed by atoms with Crippen molar-refractivity contribution in [1.29, 1.82) is 5.26 Å². The summed E-state index contributed by atoms with van der Waals surface area (Å²) in [5.74, 6) is 0.179. The quantitative estimate of drug-likeness (QED) is 0.733. The second kappa shape index (κ2) is 6.84. The monoisotopic (exact) mass is 319 g/mol. The first kappa shape index (κ1) is 15.6. The van der Waals surface area contributed by atoms with E-state index in [4.69, 9.17) is 5.26 Å². The normalized spacial score (nSPS) is 10.2. The van der Waals surface area contributed by atoms with Gasteiger partial charge in [-0.1, -0.05) is 6.07 Å². The van der Waals surface area contributed by atoms with Crippen LogP contribution in [0.2, 0.25) is 0 Å². The number of hydrogen-bond acceptors (Lipinski definition) is 5. The van der Waals surface area contributed by atoms with Gasteiger partial charge in [-0.25, -0.2) is 14.4 Å². The summed E-state index contributed by atoms with van der Waals surface area (Å²) in [5.41, 5.74) is 2.71. The molecule has 0 amide bonds. The maximum Gasteiger partial charge on any atom is 0.229 e. The Bertz CT molecular complexity index is 886. The van der Waals surface area contributed by atoms with Crippen molar-refractivity contribution in [3.8, 4) is 17.2 Å². The molecule has 0 fully saturated rings. The van der Waals surface area contributed by atoms with Crippen LogP contribution in [0.15, 0.2) is 55.1 Å². The molecule has 0 N–H and O–H groups in total. The average Bonchev–Trinajstić information content (AvgIpc) is 2.63. The molecule has 0 bridgehead atoms. The highest BCUT2D eigenvalue weighted by Gasteiger charge is 2.11. The molecule has 118 valence electrons. The number of nitrogens with zero attached hydrogens (tertiary/aromatic N) is 5. The minimum atomic E-state index is -0.304. The van der Waals surface area contributed by atoms with E-state index in [1.807, 2.05) is 17.9 Å². The van der Waals surface area contributed by atoms with Crippen molar-refractivity contribution in [2.75, 3.05) is 11.4 Å². The lowest BCUT2D eigenvalue weighted by Crippen LogP contribution is -2.18. The van der Waals surface area contributed by atoms with Gasteiger partial charge in [0.25, 0.3) is 0 Å². The van der Waals surface area contributed by atoms with E-state index in [0.29, 0.717) is 23.7 Å². The summed E-state index contributed by atoms with van der Waals surface area (Å²) in [6, 6.07) is 10.1. The summed E-state index contributed by atoms with van der Waals surface area (Å²) >= 11 is 0. The predicted octanol–water partition coefficient (Wildman–Crippen LogP) is 3.71. The third-order valence-corrected chi connectivity index (χ3v) is 3.52. The second-order valence-electron chi connectivity index (χ2n) is 5.07. The number of aromatic nitrogens is 3. The van der Waals surface area contributed by atoms with E-state index >= 15 is 0 Å². The molecule has 2 aromatic heterocycles. The Labute approximate surface area is 139 Å². The number of hydrogen-bond donors (Lipinski definition) is 0. The van der Waals surface area contributed by atoms with Gasteiger partial charge in [-0.15, -0.1) is 0 Å². The van der Waals surface area contributed by atoms with Gasteiger partial charge in [0.2, 0.25) is 5.95 Å². The van der Waals surface area contributed by atoms with Crippen LogP contribution in [0.25, 0.3) is 11.1 Å². The molecule has 0 spiro atoms. The van der Waals surface area contributed by atoms with Crippen LogP contribution in [-0.4, -0.2) is 21.5 Å². The fourth-order valence-corrected chi connectivity index (χ4v) is 2.35. The first-order valence-electron chi connectivity index (χ1n) is 7.42. The molecular weight excluding hydrogens is 305 g/mol. The molecule has 2 heterocycles. The molecule has 0 aliphatic carbocycles. The zero-order chi connectivity index (χ0) is 16.9. The molecule has 5 nitrogen and oxygen atoms in total. The van der Waals surface area contributed by atoms with Crippen molar-refractivity contribution in [2.45, 2.75) is 6.92 Å². The number of nitriles is 1. The Kier molecular flexibility index (Phi) is 4.43. The number of benzene rings is 1. The lowest BCUT2D eigenvalue weighted by Gasteiger charge is -2.20. The minimum Gasteiger partial charge on any atom is -0.311 e. The SMILES string of the molecule is CCN(c1cccc(F)c1)c1ncc(-c2cncc(C#N)c2)cn1. The van der Waals surface area contributed by atoms with Gasteiger partial charge in [0, 0.05) is 48.1 Å². The summed E-state index contributed by atoms with van der Waals surface area (Å²) in [4.78, 5) is 14.6. The summed E-state index contributed by atoms with van der Waals surface area (Å²) in [7, 11) is 0. The van der Waals surface area contributed by atoms with Crippen molar-refractivity contribution in [1.82, 2.24) is 15.0 Å². The maximum atomic E-state index is 13.4. The van der Waals surface area contributed by atoms with E-state index in [-0.39, 0.29) is 5.82 Å². The van der Waals surface area contributed by atoms with Crippen LogP contribution in [-0.2, 0) is 0 Å². The van der Waals surface area contributed by atoms with Crippen molar-refractivity contribution in [3.05, 3.63) is 66.5 Å². The van der Waals surface area contributed by atoms with E-state index in [1.165, 1.54) is 18.3 Å². The molecule has 0 aliphatic rings. The van der Waals surface area contributed by atoms with E-state index in [2.05, 4.69) is 21.0 Å². The van der Waals surface area contributed by atoms with Gasteiger partial charge >= 0.3 is 0 Å². The molecule has 1 aromatic carbocycles.